The first-order valence-corrected chi connectivity index (χ1v) is 6.52. The van der Waals surface area contributed by atoms with E-state index in [2.05, 4.69) is 15.0 Å². The summed E-state index contributed by atoms with van der Waals surface area (Å²) in [7, 11) is 0. The van der Waals surface area contributed by atoms with E-state index < -0.39 is 0 Å². The van der Waals surface area contributed by atoms with Gasteiger partial charge in [0.25, 0.3) is 0 Å². The second kappa shape index (κ2) is 5.53. The van der Waals surface area contributed by atoms with Crippen LogP contribution in [0.5, 0.6) is 11.6 Å². The number of hydrogen-bond donors (Lipinski definition) is 0. The second-order valence-electron chi connectivity index (χ2n) is 2.96. The van der Waals surface area contributed by atoms with Crippen LogP contribution in [0.2, 0.25) is 10.2 Å². The van der Waals surface area contributed by atoms with Crippen LogP contribution in [0.25, 0.3) is 0 Å². The molecule has 17 heavy (non-hydrogen) atoms. The van der Waals surface area contributed by atoms with Crippen molar-refractivity contribution >= 4 is 35.0 Å². The zero-order valence-corrected chi connectivity index (χ0v) is 11.1. The fourth-order valence-corrected chi connectivity index (χ4v) is 1.85. The normalized spacial score (nSPS) is 10.3. The fourth-order valence-electron chi connectivity index (χ4n) is 1.09. The van der Waals surface area contributed by atoms with Crippen molar-refractivity contribution in [2.75, 3.05) is 6.26 Å². The maximum Gasteiger partial charge on any atom is 0.224 e. The number of thioether (sulfide) groups is 1. The van der Waals surface area contributed by atoms with Crippen LogP contribution in [-0.4, -0.2) is 21.2 Å². The highest BCUT2D eigenvalue weighted by molar-refractivity contribution is 7.98. The number of nitrogens with zero attached hydrogens (tertiary/aromatic N) is 3. The molecule has 0 spiro atoms. The Balaban J connectivity index is 2.26. The van der Waals surface area contributed by atoms with Crippen molar-refractivity contribution in [3.63, 3.8) is 0 Å². The van der Waals surface area contributed by atoms with E-state index in [1.54, 1.807) is 12.3 Å². The molecule has 0 fully saturated rings. The van der Waals surface area contributed by atoms with Gasteiger partial charge >= 0.3 is 0 Å². The van der Waals surface area contributed by atoms with Gasteiger partial charge in [0.1, 0.15) is 10.9 Å². The Kier molecular flexibility index (Phi) is 4.04. The van der Waals surface area contributed by atoms with E-state index in [1.807, 2.05) is 6.26 Å². The molecule has 0 bridgehead atoms. The Morgan fingerprint density at radius 3 is 2.71 bits per heavy atom. The zero-order chi connectivity index (χ0) is 12.3. The van der Waals surface area contributed by atoms with E-state index in [0.717, 1.165) is 0 Å². The van der Waals surface area contributed by atoms with E-state index in [-0.39, 0.29) is 0 Å². The van der Waals surface area contributed by atoms with E-state index in [0.29, 0.717) is 27.0 Å². The average Bonchev–Trinajstić information content (AvgIpc) is 2.28. The van der Waals surface area contributed by atoms with Crippen LogP contribution in [0.15, 0.2) is 29.7 Å². The lowest BCUT2D eigenvalue weighted by molar-refractivity contribution is 0.453. The summed E-state index contributed by atoms with van der Waals surface area (Å²) in [5.74, 6) is 0.859. The van der Waals surface area contributed by atoms with Crippen LogP contribution in [0.1, 0.15) is 0 Å². The molecule has 0 amide bonds. The lowest BCUT2D eigenvalue weighted by Crippen LogP contribution is -1.92. The van der Waals surface area contributed by atoms with Crippen LogP contribution in [0.3, 0.4) is 0 Å². The van der Waals surface area contributed by atoms with Crippen molar-refractivity contribution in [1.29, 1.82) is 0 Å². The summed E-state index contributed by atoms with van der Waals surface area (Å²) < 4.78 is 5.49. The summed E-state index contributed by atoms with van der Waals surface area (Å²) in [6, 6.07) is 3.17. The minimum atomic E-state index is 0.328. The number of rotatable bonds is 3. The third-order valence-electron chi connectivity index (χ3n) is 1.74. The van der Waals surface area contributed by atoms with Gasteiger partial charge in [0.15, 0.2) is 5.16 Å². The van der Waals surface area contributed by atoms with E-state index >= 15 is 0 Å². The monoisotopic (exact) mass is 287 g/mol. The Hall–Kier alpha value is -1.04. The number of aromatic nitrogens is 3. The highest BCUT2D eigenvalue weighted by Crippen LogP contribution is 2.24. The average molecular weight is 288 g/mol. The molecular weight excluding hydrogens is 281 g/mol. The van der Waals surface area contributed by atoms with E-state index in [4.69, 9.17) is 27.9 Å². The summed E-state index contributed by atoms with van der Waals surface area (Å²) in [6.07, 6.45) is 4.92. The lowest BCUT2D eigenvalue weighted by atomic mass is 10.4. The molecular formula is C10H7Cl2N3OS. The lowest BCUT2D eigenvalue weighted by Gasteiger charge is -2.05. The standard InChI is InChI=1S/C10H7Cl2N3OS/c1-17-10-14-8(12)3-9(15-10)16-7-2-6(11)4-13-5-7/h2-5H,1H3. The number of halogens is 2. The van der Waals surface area contributed by atoms with Crippen LogP contribution >= 0.6 is 35.0 Å². The molecule has 88 valence electrons. The van der Waals surface area contributed by atoms with Crippen molar-refractivity contribution in [2.45, 2.75) is 5.16 Å². The third kappa shape index (κ3) is 3.46. The van der Waals surface area contributed by atoms with Gasteiger partial charge in [-0.2, -0.15) is 4.98 Å². The second-order valence-corrected chi connectivity index (χ2v) is 4.55. The van der Waals surface area contributed by atoms with Crippen molar-refractivity contribution in [3.05, 3.63) is 34.7 Å². The third-order valence-corrected chi connectivity index (χ3v) is 2.68. The first-order chi connectivity index (χ1) is 8.17. The van der Waals surface area contributed by atoms with Crippen molar-refractivity contribution in [3.8, 4) is 11.6 Å². The molecule has 2 aromatic rings. The molecule has 2 rings (SSSR count). The van der Waals surface area contributed by atoms with Gasteiger partial charge in [-0.1, -0.05) is 35.0 Å². The van der Waals surface area contributed by atoms with E-state index in [9.17, 15) is 0 Å². The molecule has 0 aliphatic rings. The summed E-state index contributed by atoms with van der Waals surface area (Å²) >= 11 is 13.0. The van der Waals surface area contributed by atoms with Crippen LogP contribution in [0.4, 0.5) is 0 Å². The van der Waals surface area contributed by atoms with Crippen molar-refractivity contribution in [1.82, 2.24) is 15.0 Å². The smallest absolute Gasteiger partial charge is 0.224 e. The fraction of sp³-hybridized carbons (Fsp3) is 0.100. The van der Waals surface area contributed by atoms with Gasteiger partial charge in [-0.25, -0.2) is 4.98 Å². The molecule has 0 atom stereocenters. The SMILES string of the molecule is CSc1nc(Cl)cc(Oc2cncc(Cl)c2)n1. The quantitative estimate of drug-likeness (QED) is 0.489. The minimum absolute atomic E-state index is 0.328. The first-order valence-electron chi connectivity index (χ1n) is 4.54. The molecule has 0 aliphatic carbocycles. The molecule has 0 aromatic carbocycles. The molecule has 0 saturated heterocycles. The zero-order valence-electron chi connectivity index (χ0n) is 8.72. The van der Waals surface area contributed by atoms with Gasteiger partial charge in [0.05, 0.1) is 11.2 Å². The topological polar surface area (TPSA) is 47.9 Å². The molecule has 2 heterocycles. The minimum Gasteiger partial charge on any atom is -0.437 e. The van der Waals surface area contributed by atoms with Gasteiger partial charge in [0.2, 0.25) is 5.88 Å². The Labute approximate surface area is 112 Å². The summed E-state index contributed by atoms with van der Waals surface area (Å²) in [6.45, 7) is 0. The van der Waals surface area contributed by atoms with Gasteiger partial charge in [-0.3, -0.25) is 4.98 Å². The molecule has 0 saturated carbocycles. The predicted octanol–water partition coefficient (Wildman–Crippen LogP) is 3.69. The highest BCUT2D eigenvalue weighted by Gasteiger charge is 2.05. The molecule has 0 unspecified atom stereocenters. The van der Waals surface area contributed by atoms with Gasteiger partial charge < -0.3 is 4.74 Å². The number of hydrogen-bond acceptors (Lipinski definition) is 5. The summed E-state index contributed by atoms with van der Waals surface area (Å²) in [4.78, 5) is 12.1. The summed E-state index contributed by atoms with van der Waals surface area (Å²) in [5, 5.41) is 1.37. The van der Waals surface area contributed by atoms with Crippen LogP contribution in [-0.2, 0) is 0 Å². The molecule has 0 N–H and O–H groups in total. The van der Waals surface area contributed by atoms with Gasteiger partial charge in [0, 0.05) is 18.3 Å². The van der Waals surface area contributed by atoms with Crippen molar-refractivity contribution < 1.29 is 4.74 Å². The largest absolute Gasteiger partial charge is 0.437 e. The molecule has 2 aromatic heterocycles. The highest BCUT2D eigenvalue weighted by atomic mass is 35.5. The Morgan fingerprint density at radius 1 is 1.18 bits per heavy atom. The number of pyridine rings is 1. The molecule has 7 heteroatoms. The Bertz CT molecular complexity index is 539. The van der Waals surface area contributed by atoms with Crippen LogP contribution in [0, 0.1) is 0 Å². The number of ether oxygens (including phenoxy) is 1. The molecule has 0 aliphatic heterocycles. The maximum atomic E-state index is 5.84. The first kappa shape index (κ1) is 12.4. The van der Waals surface area contributed by atoms with Gasteiger partial charge in [-0.05, 0) is 6.26 Å². The summed E-state index contributed by atoms with van der Waals surface area (Å²) in [5.41, 5.74) is 0. The van der Waals surface area contributed by atoms with Crippen LogP contribution < -0.4 is 4.74 Å². The molecule has 0 radical (unpaired) electrons. The van der Waals surface area contributed by atoms with E-state index in [1.165, 1.54) is 24.0 Å². The predicted molar refractivity (Wildman–Crippen MR) is 68.1 cm³/mol. The Morgan fingerprint density at radius 2 is 2.00 bits per heavy atom. The maximum absolute atomic E-state index is 5.84. The van der Waals surface area contributed by atoms with Crippen molar-refractivity contribution in [2.24, 2.45) is 0 Å². The molecule has 4 nitrogen and oxygen atoms in total. The van der Waals surface area contributed by atoms with Gasteiger partial charge in [-0.15, -0.1) is 0 Å².